The summed E-state index contributed by atoms with van der Waals surface area (Å²) in [5, 5.41) is 0.357. The molecule has 34 heavy (non-hydrogen) atoms. The monoisotopic (exact) mass is 508 g/mol. The summed E-state index contributed by atoms with van der Waals surface area (Å²) in [7, 11) is -2.88. The van der Waals surface area contributed by atoms with Gasteiger partial charge < -0.3 is 24.1 Å². The molecule has 0 N–H and O–H groups in total. The normalized spacial score (nSPS) is 13.7. The number of amides is 1. The number of aromatic nitrogens is 1. The van der Waals surface area contributed by atoms with Crippen LogP contribution in [0.3, 0.4) is 0 Å². The molecule has 1 aliphatic heterocycles. The number of hydrogen-bond donors (Lipinski definition) is 0. The van der Waals surface area contributed by atoms with Crippen LogP contribution in [0.5, 0.6) is 5.75 Å². The van der Waals surface area contributed by atoms with Crippen LogP contribution in [0.2, 0.25) is 5.02 Å². The van der Waals surface area contributed by atoms with Crippen LogP contribution in [0, 0.1) is 0 Å². The predicted octanol–water partition coefficient (Wildman–Crippen LogP) is 0.977. The first kappa shape index (κ1) is 26.3. The molecule has 0 radical (unpaired) electrons. The van der Waals surface area contributed by atoms with Crippen molar-refractivity contribution in [3.05, 3.63) is 82.2 Å². The first-order valence-corrected chi connectivity index (χ1v) is 12.1. The third-order valence-corrected chi connectivity index (χ3v) is 6.82. The van der Waals surface area contributed by atoms with Crippen molar-refractivity contribution in [1.29, 1.82) is 0 Å². The van der Waals surface area contributed by atoms with Gasteiger partial charge in [-0.2, -0.15) is 0 Å². The molecule has 0 unspecified atom stereocenters. The van der Waals surface area contributed by atoms with Gasteiger partial charge in [-0.15, -0.1) is 0 Å². The number of piperazine rings is 1. The number of pyridine rings is 1. The van der Waals surface area contributed by atoms with Crippen LogP contribution in [0.25, 0.3) is 4.72 Å². The fraction of sp³-hybridized carbons (Fsp3) is 0.217. The standard InChI is InChI=1S/C23H23ClN4O4S.Na/c1-32-21-15-17(24)7-9-20(21)23(29)26-33(30,31)19-8-10-22(25-16-19)28-13-11-27(12-14-28)18-5-3-2-4-6-18;/h2-10,15-16H,11-14H2,1H3,(H,26,29);/q;+1/p-1. The summed E-state index contributed by atoms with van der Waals surface area (Å²) in [5.41, 5.74) is 1.18. The Kier molecular flexibility index (Phi) is 8.83. The Morgan fingerprint density at radius 3 is 2.29 bits per heavy atom. The Hall–Kier alpha value is -2.30. The average molecular weight is 509 g/mol. The third kappa shape index (κ3) is 6.03. The van der Waals surface area contributed by atoms with Crippen LogP contribution < -0.4 is 44.1 Å². The Balaban J connectivity index is 0.00000324. The maximum absolute atomic E-state index is 12.7. The SMILES string of the molecule is COc1cc(Cl)ccc1C(=O)[N-]S(=O)(=O)c1ccc(N2CCN(c3ccccc3)CC2)nc1.[Na+]. The van der Waals surface area contributed by atoms with Gasteiger partial charge in [-0.1, -0.05) is 29.8 Å². The molecule has 1 amide bonds. The second kappa shape index (κ2) is 11.4. The Labute approximate surface area is 226 Å². The Bertz CT molecular complexity index is 1240. The number of nitrogens with zero attached hydrogens (tertiary/aromatic N) is 4. The van der Waals surface area contributed by atoms with Gasteiger partial charge in [-0.05, 0) is 42.5 Å². The van der Waals surface area contributed by atoms with E-state index in [4.69, 9.17) is 16.3 Å². The van der Waals surface area contributed by atoms with E-state index < -0.39 is 15.9 Å². The van der Waals surface area contributed by atoms with Crippen molar-refractivity contribution in [2.24, 2.45) is 0 Å². The largest absolute Gasteiger partial charge is 1.00 e. The van der Waals surface area contributed by atoms with E-state index in [1.165, 1.54) is 43.3 Å². The molecule has 1 aliphatic rings. The molecule has 0 atom stereocenters. The summed E-state index contributed by atoms with van der Waals surface area (Å²) >= 11 is 5.89. The quantitative estimate of drug-likeness (QED) is 0.458. The van der Waals surface area contributed by atoms with E-state index in [1.54, 1.807) is 6.07 Å². The Morgan fingerprint density at radius 1 is 1.00 bits per heavy atom. The molecule has 3 aromatic rings. The molecule has 11 heteroatoms. The van der Waals surface area contributed by atoms with Crippen LogP contribution in [0.1, 0.15) is 10.4 Å². The third-order valence-electron chi connectivity index (χ3n) is 5.34. The summed E-state index contributed by atoms with van der Waals surface area (Å²) < 4.78 is 33.8. The van der Waals surface area contributed by atoms with E-state index in [-0.39, 0.29) is 45.8 Å². The molecule has 8 nitrogen and oxygen atoms in total. The van der Waals surface area contributed by atoms with Crippen molar-refractivity contribution < 1.29 is 47.5 Å². The maximum Gasteiger partial charge on any atom is 1.00 e. The first-order chi connectivity index (χ1) is 15.9. The minimum absolute atomic E-state index is 0. The van der Waals surface area contributed by atoms with E-state index in [2.05, 4.69) is 31.6 Å². The molecule has 1 saturated heterocycles. The summed E-state index contributed by atoms with van der Waals surface area (Å²) in [6, 6.07) is 17.5. The zero-order chi connectivity index (χ0) is 23.4. The molecule has 172 valence electrons. The molecule has 0 spiro atoms. The molecule has 0 saturated carbocycles. The zero-order valence-electron chi connectivity index (χ0n) is 18.9. The summed E-state index contributed by atoms with van der Waals surface area (Å²) in [5.74, 6) is -0.119. The number of benzene rings is 2. The number of carbonyl (C=O) groups excluding carboxylic acids is 1. The maximum atomic E-state index is 12.7. The predicted molar refractivity (Wildman–Crippen MR) is 128 cm³/mol. The van der Waals surface area contributed by atoms with Crippen molar-refractivity contribution in [1.82, 2.24) is 4.98 Å². The molecular formula is C23H22ClN4NaO4S. The number of anilines is 2. The van der Waals surface area contributed by atoms with Gasteiger partial charge in [0.05, 0.1) is 17.9 Å². The van der Waals surface area contributed by atoms with E-state index in [9.17, 15) is 13.2 Å². The summed E-state index contributed by atoms with van der Waals surface area (Å²) in [6.45, 7) is 3.18. The van der Waals surface area contributed by atoms with Crippen LogP contribution in [-0.4, -0.2) is 52.6 Å². The van der Waals surface area contributed by atoms with Crippen molar-refractivity contribution in [2.75, 3.05) is 43.1 Å². The van der Waals surface area contributed by atoms with Gasteiger partial charge in [0.2, 0.25) is 0 Å². The topological polar surface area (TPSA) is 93.9 Å². The van der Waals surface area contributed by atoms with E-state index >= 15 is 0 Å². The van der Waals surface area contributed by atoms with Gasteiger partial charge in [-0.3, -0.25) is 0 Å². The van der Waals surface area contributed by atoms with Crippen molar-refractivity contribution in [3.8, 4) is 5.75 Å². The fourth-order valence-electron chi connectivity index (χ4n) is 3.60. The minimum Gasteiger partial charge on any atom is -0.537 e. The second-order valence-corrected chi connectivity index (χ2v) is 9.42. The van der Waals surface area contributed by atoms with Gasteiger partial charge in [0, 0.05) is 48.6 Å². The summed E-state index contributed by atoms with van der Waals surface area (Å²) in [4.78, 5) is 21.0. The first-order valence-electron chi connectivity index (χ1n) is 10.2. The molecule has 0 aliphatic carbocycles. The number of halogens is 1. The average Bonchev–Trinajstić information content (AvgIpc) is 2.84. The van der Waals surface area contributed by atoms with Crippen molar-refractivity contribution in [3.63, 3.8) is 0 Å². The molecule has 4 rings (SSSR count). The molecule has 2 aromatic carbocycles. The van der Waals surface area contributed by atoms with Crippen LogP contribution in [0.15, 0.2) is 71.8 Å². The number of para-hydroxylation sites is 1. The van der Waals surface area contributed by atoms with Gasteiger partial charge in [0.15, 0.2) is 0 Å². The van der Waals surface area contributed by atoms with E-state index in [0.29, 0.717) is 10.8 Å². The molecule has 1 aromatic heterocycles. The van der Waals surface area contributed by atoms with Crippen LogP contribution in [0.4, 0.5) is 11.5 Å². The van der Waals surface area contributed by atoms with Gasteiger partial charge in [-0.25, -0.2) is 13.4 Å². The van der Waals surface area contributed by atoms with Gasteiger partial charge in [0.25, 0.3) is 0 Å². The molecular weight excluding hydrogens is 487 g/mol. The number of ether oxygens (including phenoxy) is 1. The number of carbonyl (C=O) groups is 1. The van der Waals surface area contributed by atoms with Crippen LogP contribution in [-0.2, 0) is 10.0 Å². The number of sulfonamides is 1. The molecule has 0 bridgehead atoms. The number of hydrogen-bond acceptors (Lipinski definition) is 7. The van der Waals surface area contributed by atoms with E-state index in [1.807, 2.05) is 18.2 Å². The summed E-state index contributed by atoms with van der Waals surface area (Å²) in [6.07, 6.45) is 1.23. The van der Waals surface area contributed by atoms with E-state index in [0.717, 1.165) is 26.2 Å². The minimum atomic E-state index is -4.24. The smallest absolute Gasteiger partial charge is 0.537 e. The number of methoxy groups -OCH3 is 1. The Morgan fingerprint density at radius 2 is 1.68 bits per heavy atom. The van der Waals surface area contributed by atoms with Crippen LogP contribution >= 0.6 is 11.6 Å². The zero-order valence-corrected chi connectivity index (χ0v) is 22.5. The van der Waals surface area contributed by atoms with Crippen molar-refractivity contribution >= 4 is 39.0 Å². The molecule has 1 fully saturated rings. The van der Waals surface area contributed by atoms with Gasteiger partial charge in [0.1, 0.15) is 21.6 Å². The van der Waals surface area contributed by atoms with Crippen molar-refractivity contribution in [2.45, 2.75) is 4.90 Å². The molecule has 2 heterocycles. The number of rotatable bonds is 6. The fourth-order valence-corrected chi connectivity index (χ4v) is 4.61. The van der Waals surface area contributed by atoms with Gasteiger partial charge >= 0.3 is 29.6 Å². The second-order valence-electron chi connectivity index (χ2n) is 7.38.